The van der Waals surface area contributed by atoms with Crippen molar-refractivity contribution in [3.05, 3.63) is 19.5 Å². The topological polar surface area (TPSA) is 79.6 Å². The van der Waals surface area contributed by atoms with Gasteiger partial charge in [-0.3, -0.25) is 23.9 Å². The second-order valence-corrected chi connectivity index (χ2v) is 8.23. The molecule has 0 unspecified atom stereocenters. The van der Waals surface area contributed by atoms with Gasteiger partial charge in [-0.15, -0.1) is 11.3 Å². The van der Waals surface area contributed by atoms with Gasteiger partial charge in [0.1, 0.15) is 20.4 Å². The molecule has 1 aromatic heterocycles. The lowest BCUT2D eigenvalue weighted by Gasteiger charge is -2.13. The first-order valence-electron chi connectivity index (χ1n) is 8.06. The van der Waals surface area contributed by atoms with E-state index in [1.165, 1.54) is 0 Å². The van der Waals surface area contributed by atoms with Crippen molar-refractivity contribution < 1.29 is 14.7 Å². The molecule has 1 saturated heterocycles. The minimum atomic E-state index is -1.13. The van der Waals surface area contributed by atoms with Crippen molar-refractivity contribution in [3.8, 4) is 0 Å². The molecule has 0 aliphatic carbocycles. The molecule has 2 rings (SSSR count). The highest BCUT2D eigenvalue weighted by Crippen LogP contribution is 2.31. The SMILES string of the molecule is C/C=c1\s/c(=C2\SC(=S)N(CCCCCC)C2=O)n(CC(=O)O)c1=O. The smallest absolute Gasteiger partial charge is 0.323 e. The van der Waals surface area contributed by atoms with Crippen LogP contribution in [0.15, 0.2) is 4.79 Å². The molecule has 0 atom stereocenters. The summed E-state index contributed by atoms with van der Waals surface area (Å²) in [6, 6.07) is 0. The third kappa shape index (κ3) is 4.39. The van der Waals surface area contributed by atoms with E-state index in [2.05, 4.69) is 6.92 Å². The molecule has 0 aromatic carbocycles. The molecule has 0 radical (unpaired) electrons. The van der Waals surface area contributed by atoms with E-state index in [4.69, 9.17) is 17.3 Å². The molecule has 1 aliphatic heterocycles. The number of aromatic nitrogens is 1. The Kier molecular flexibility index (Phi) is 6.97. The van der Waals surface area contributed by atoms with Crippen molar-refractivity contribution in [3.63, 3.8) is 0 Å². The zero-order valence-corrected chi connectivity index (χ0v) is 16.6. The normalized spacial score (nSPS) is 17.7. The predicted octanol–water partition coefficient (Wildman–Crippen LogP) is 1.34. The number of thioether (sulfide) groups is 1. The van der Waals surface area contributed by atoms with Gasteiger partial charge in [0.05, 0.1) is 4.53 Å². The van der Waals surface area contributed by atoms with Crippen LogP contribution in [0.2, 0.25) is 0 Å². The zero-order chi connectivity index (χ0) is 18.6. The molecule has 136 valence electrons. The lowest BCUT2D eigenvalue weighted by Crippen LogP contribution is -2.35. The number of hydrogen-bond acceptors (Lipinski definition) is 6. The zero-order valence-electron chi connectivity index (χ0n) is 14.1. The van der Waals surface area contributed by atoms with Crippen LogP contribution in [-0.4, -0.2) is 37.3 Å². The fourth-order valence-corrected chi connectivity index (χ4v) is 4.96. The molecule has 1 N–H and O–H groups in total. The van der Waals surface area contributed by atoms with E-state index in [9.17, 15) is 14.4 Å². The molecule has 1 fully saturated rings. The van der Waals surface area contributed by atoms with Crippen LogP contribution in [0.25, 0.3) is 11.0 Å². The molecule has 0 saturated carbocycles. The van der Waals surface area contributed by atoms with Gasteiger partial charge in [0.2, 0.25) is 0 Å². The first-order valence-corrected chi connectivity index (χ1v) is 10.1. The number of thiocarbonyl (C=S) groups is 1. The van der Waals surface area contributed by atoms with Crippen LogP contribution in [0.3, 0.4) is 0 Å². The minimum Gasteiger partial charge on any atom is -0.480 e. The fourth-order valence-electron chi connectivity index (χ4n) is 2.47. The number of hydrogen-bond donors (Lipinski definition) is 1. The Hall–Kier alpha value is -1.45. The summed E-state index contributed by atoms with van der Waals surface area (Å²) in [5, 5.41) is 9.07. The summed E-state index contributed by atoms with van der Waals surface area (Å²) in [6.45, 7) is 3.91. The number of rotatable bonds is 7. The Morgan fingerprint density at radius 3 is 2.60 bits per heavy atom. The molecule has 0 spiro atoms. The number of carboxylic acid groups (broad SMARTS) is 1. The number of unbranched alkanes of at least 4 members (excludes halogenated alkanes) is 3. The molecular weight excluding hydrogens is 380 g/mol. The summed E-state index contributed by atoms with van der Waals surface area (Å²) in [7, 11) is 0. The lowest BCUT2D eigenvalue weighted by molar-refractivity contribution is -0.137. The van der Waals surface area contributed by atoms with Crippen LogP contribution < -0.4 is 14.8 Å². The van der Waals surface area contributed by atoms with Gasteiger partial charge < -0.3 is 5.11 Å². The maximum Gasteiger partial charge on any atom is 0.323 e. The summed E-state index contributed by atoms with van der Waals surface area (Å²) >= 11 is 7.58. The minimum absolute atomic E-state index is 0.241. The van der Waals surface area contributed by atoms with E-state index < -0.39 is 18.1 Å². The van der Waals surface area contributed by atoms with Gasteiger partial charge in [-0.1, -0.05) is 56.2 Å². The van der Waals surface area contributed by atoms with E-state index in [0.29, 0.717) is 25.0 Å². The molecule has 1 aliphatic rings. The summed E-state index contributed by atoms with van der Waals surface area (Å²) in [5.74, 6) is -1.37. The standard InChI is InChI=1S/C16H20N2O4S3/c1-3-5-6-7-8-17-14(22)12(25-16(17)23)15-18(9-11(19)20)13(21)10(4-2)24-15/h4H,3,5-9H2,1-2H3,(H,19,20)/b10-4-,15-12-. The van der Waals surface area contributed by atoms with E-state index >= 15 is 0 Å². The van der Waals surface area contributed by atoms with Gasteiger partial charge >= 0.3 is 5.97 Å². The van der Waals surface area contributed by atoms with Crippen LogP contribution in [0.1, 0.15) is 39.5 Å². The van der Waals surface area contributed by atoms with Crippen LogP contribution in [0, 0.1) is 0 Å². The average Bonchev–Trinajstić information content (AvgIpc) is 3.02. The monoisotopic (exact) mass is 400 g/mol. The van der Waals surface area contributed by atoms with Crippen molar-refractivity contribution in [1.82, 2.24) is 9.47 Å². The Bertz CT molecular complexity index is 869. The molecule has 9 heteroatoms. The van der Waals surface area contributed by atoms with Gasteiger partial charge in [0.15, 0.2) is 0 Å². The maximum atomic E-state index is 12.7. The van der Waals surface area contributed by atoms with E-state index in [0.717, 1.165) is 53.3 Å². The Morgan fingerprint density at radius 1 is 1.28 bits per heavy atom. The van der Waals surface area contributed by atoms with E-state index in [1.54, 1.807) is 17.9 Å². The fraction of sp³-hybridized carbons (Fsp3) is 0.500. The van der Waals surface area contributed by atoms with E-state index in [-0.39, 0.29) is 5.91 Å². The summed E-state index contributed by atoms with van der Waals surface area (Å²) in [5.41, 5.74) is -0.391. The molecular formula is C16H20N2O4S3. The van der Waals surface area contributed by atoms with Gasteiger partial charge in [-0.2, -0.15) is 0 Å². The van der Waals surface area contributed by atoms with Gasteiger partial charge in [0.25, 0.3) is 11.5 Å². The van der Waals surface area contributed by atoms with Crippen molar-refractivity contribution >= 4 is 62.5 Å². The number of thiazole rings is 1. The quantitative estimate of drug-likeness (QED) is 0.550. The van der Waals surface area contributed by atoms with E-state index in [1.807, 2.05) is 0 Å². The second-order valence-electron chi connectivity index (χ2n) is 5.56. The third-order valence-corrected chi connectivity index (χ3v) is 6.56. The van der Waals surface area contributed by atoms with Crippen LogP contribution in [0.5, 0.6) is 0 Å². The number of aliphatic carboxylic acids is 1. The van der Waals surface area contributed by atoms with Gasteiger partial charge in [-0.25, -0.2) is 0 Å². The number of nitrogens with zero attached hydrogens (tertiary/aromatic N) is 2. The van der Waals surface area contributed by atoms with Crippen molar-refractivity contribution in [2.45, 2.75) is 46.1 Å². The van der Waals surface area contributed by atoms with Crippen LogP contribution in [0.4, 0.5) is 0 Å². The summed E-state index contributed by atoms with van der Waals surface area (Å²) in [4.78, 5) is 38.1. The molecule has 0 bridgehead atoms. The lowest BCUT2D eigenvalue weighted by atomic mass is 10.2. The molecule has 1 amide bonds. The van der Waals surface area contributed by atoms with Crippen LogP contribution >= 0.6 is 35.3 Å². The highest BCUT2D eigenvalue weighted by molar-refractivity contribution is 8.30. The first kappa shape index (κ1) is 19.9. The van der Waals surface area contributed by atoms with Gasteiger partial charge in [0, 0.05) is 6.54 Å². The maximum absolute atomic E-state index is 12.7. The highest BCUT2D eigenvalue weighted by atomic mass is 32.2. The highest BCUT2D eigenvalue weighted by Gasteiger charge is 2.33. The largest absolute Gasteiger partial charge is 0.480 e. The first-order chi connectivity index (χ1) is 11.9. The second kappa shape index (κ2) is 8.77. The third-order valence-electron chi connectivity index (χ3n) is 3.74. The number of carboxylic acids is 1. The van der Waals surface area contributed by atoms with Gasteiger partial charge in [-0.05, 0) is 13.3 Å². The Balaban J connectivity index is 2.43. The molecule has 25 heavy (non-hydrogen) atoms. The van der Waals surface area contributed by atoms with Crippen molar-refractivity contribution in [1.29, 1.82) is 0 Å². The average molecular weight is 401 g/mol. The van der Waals surface area contributed by atoms with Crippen molar-refractivity contribution in [2.75, 3.05) is 6.54 Å². The summed E-state index contributed by atoms with van der Waals surface area (Å²) < 4.78 is 2.39. The molecule has 2 heterocycles. The molecule has 6 nitrogen and oxygen atoms in total. The Morgan fingerprint density at radius 2 is 2.00 bits per heavy atom. The summed E-state index contributed by atoms with van der Waals surface area (Å²) in [6.07, 6.45) is 5.74. The predicted molar refractivity (Wildman–Crippen MR) is 105 cm³/mol. The number of amides is 1. The molecule has 1 aromatic rings. The Labute approximate surface area is 158 Å². The number of carbonyl (C=O) groups excluding carboxylic acids is 1. The van der Waals surface area contributed by atoms with Crippen molar-refractivity contribution in [2.24, 2.45) is 0 Å². The number of carbonyl (C=O) groups is 2. The van der Waals surface area contributed by atoms with Crippen LogP contribution in [-0.2, 0) is 16.1 Å².